The number of hydrogen-bond acceptors (Lipinski definition) is 3. The predicted molar refractivity (Wildman–Crippen MR) is 81.1 cm³/mol. The lowest BCUT2D eigenvalue weighted by molar-refractivity contribution is 0.0697. The second kappa shape index (κ2) is 5.83. The highest BCUT2D eigenvalue weighted by molar-refractivity contribution is 5.95. The van der Waals surface area contributed by atoms with Crippen LogP contribution in [0.1, 0.15) is 21.5 Å². The monoisotopic (exact) mass is 288 g/mol. The van der Waals surface area contributed by atoms with Crippen molar-refractivity contribution in [1.29, 1.82) is 0 Å². The van der Waals surface area contributed by atoms with Crippen LogP contribution in [0.3, 0.4) is 0 Å². The SMILES string of the molecule is Cc1cc(F)ccc1CN(C)c1ccc(N)cc1C(=O)O. The minimum Gasteiger partial charge on any atom is -0.478 e. The molecule has 0 aliphatic heterocycles. The molecule has 0 spiro atoms. The van der Waals surface area contributed by atoms with E-state index in [2.05, 4.69) is 0 Å². The second-order valence-corrected chi connectivity index (χ2v) is 5.01. The van der Waals surface area contributed by atoms with Crippen molar-refractivity contribution in [2.75, 3.05) is 17.7 Å². The number of aryl methyl sites for hydroxylation is 1. The number of rotatable bonds is 4. The molecule has 5 heteroatoms. The average molecular weight is 288 g/mol. The smallest absolute Gasteiger partial charge is 0.337 e. The van der Waals surface area contributed by atoms with Crippen molar-refractivity contribution < 1.29 is 14.3 Å². The van der Waals surface area contributed by atoms with E-state index in [4.69, 9.17) is 5.73 Å². The number of aromatic carboxylic acids is 1. The van der Waals surface area contributed by atoms with Crippen LogP contribution in [0.5, 0.6) is 0 Å². The Labute approximate surface area is 122 Å². The van der Waals surface area contributed by atoms with Gasteiger partial charge < -0.3 is 15.7 Å². The van der Waals surface area contributed by atoms with E-state index in [0.29, 0.717) is 17.9 Å². The fourth-order valence-corrected chi connectivity index (χ4v) is 2.24. The van der Waals surface area contributed by atoms with Crippen LogP contribution in [0.2, 0.25) is 0 Å². The molecule has 0 atom stereocenters. The van der Waals surface area contributed by atoms with Crippen LogP contribution in [-0.2, 0) is 6.54 Å². The van der Waals surface area contributed by atoms with Gasteiger partial charge in [0.1, 0.15) is 5.82 Å². The van der Waals surface area contributed by atoms with Crippen LogP contribution >= 0.6 is 0 Å². The molecule has 2 rings (SSSR count). The van der Waals surface area contributed by atoms with E-state index in [1.807, 2.05) is 11.8 Å². The van der Waals surface area contributed by atoms with Crippen LogP contribution in [0.4, 0.5) is 15.8 Å². The number of carbonyl (C=O) groups is 1. The summed E-state index contributed by atoms with van der Waals surface area (Å²) in [6, 6.07) is 9.35. The molecule has 0 aliphatic carbocycles. The third kappa shape index (κ3) is 3.31. The molecule has 0 aromatic heterocycles. The van der Waals surface area contributed by atoms with Crippen molar-refractivity contribution in [1.82, 2.24) is 0 Å². The summed E-state index contributed by atoms with van der Waals surface area (Å²) in [6.45, 7) is 2.31. The summed E-state index contributed by atoms with van der Waals surface area (Å²) in [5, 5.41) is 9.26. The van der Waals surface area contributed by atoms with E-state index < -0.39 is 5.97 Å². The maximum atomic E-state index is 13.1. The van der Waals surface area contributed by atoms with Gasteiger partial charge in [-0.2, -0.15) is 0 Å². The largest absolute Gasteiger partial charge is 0.478 e. The minimum absolute atomic E-state index is 0.150. The van der Waals surface area contributed by atoms with E-state index in [0.717, 1.165) is 11.1 Å². The molecule has 4 nitrogen and oxygen atoms in total. The van der Waals surface area contributed by atoms with Gasteiger partial charge >= 0.3 is 5.97 Å². The highest BCUT2D eigenvalue weighted by Crippen LogP contribution is 2.24. The van der Waals surface area contributed by atoms with Crippen LogP contribution < -0.4 is 10.6 Å². The molecule has 0 heterocycles. The van der Waals surface area contributed by atoms with E-state index in [-0.39, 0.29) is 11.4 Å². The summed E-state index contributed by atoms with van der Waals surface area (Å²) in [5.74, 6) is -1.31. The fraction of sp³-hybridized carbons (Fsp3) is 0.188. The van der Waals surface area contributed by atoms with Crippen molar-refractivity contribution in [2.24, 2.45) is 0 Å². The van der Waals surface area contributed by atoms with Crippen LogP contribution in [0.15, 0.2) is 36.4 Å². The molecule has 3 N–H and O–H groups in total. The zero-order valence-corrected chi connectivity index (χ0v) is 11.9. The quantitative estimate of drug-likeness (QED) is 0.849. The first-order valence-corrected chi connectivity index (χ1v) is 6.47. The second-order valence-electron chi connectivity index (χ2n) is 5.01. The Kier molecular flexibility index (Phi) is 4.12. The van der Waals surface area contributed by atoms with Crippen molar-refractivity contribution in [3.05, 3.63) is 58.9 Å². The lowest BCUT2D eigenvalue weighted by Crippen LogP contribution is -2.20. The Bertz CT molecular complexity index is 686. The van der Waals surface area contributed by atoms with Crippen molar-refractivity contribution in [3.63, 3.8) is 0 Å². The summed E-state index contributed by atoms with van der Waals surface area (Å²) in [7, 11) is 1.79. The van der Waals surface area contributed by atoms with Crippen molar-refractivity contribution in [3.8, 4) is 0 Å². The zero-order valence-electron chi connectivity index (χ0n) is 11.9. The van der Waals surface area contributed by atoms with Crippen LogP contribution in [0, 0.1) is 12.7 Å². The van der Waals surface area contributed by atoms with Gasteiger partial charge in [0.2, 0.25) is 0 Å². The first kappa shape index (κ1) is 14.8. The molecule has 110 valence electrons. The standard InChI is InChI=1S/C16H17FN2O2/c1-10-7-12(17)4-3-11(10)9-19(2)15-6-5-13(18)8-14(15)16(20)21/h3-8H,9,18H2,1-2H3,(H,20,21). The van der Waals surface area contributed by atoms with Crippen LogP contribution in [0.25, 0.3) is 0 Å². The normalized spacial score (nSPS) is 10.4. The van der Waals surface area contributed by atoms with E-state index in [1.54, 1.807) is 25.2 Å². The molecule has 0 fully saturated rings. The molecule has 0 unspecified atom stereocenters. The topological polar surface area (TPSA) is 66.6 Å². The number of nitrogens with zero attached hydrogens (tertiary/aromatic N) is 1. The maximum absolute atomic E-state index is 13.1. The average Bonchev–Trinajstić information content (AvgIpc) is 2.41. The van der Waals surface area contributed by atoms with Gasteiger partial charge in [-0.1, -0.05) is 6.07 Å². The van der Waals surface area contributed by atoms with Crippen molar-refractivity contribution >= 4 is 17.3 Å². The molecule has 2 aromatic rings. The number of nitrogens with two attached hydrogens (primary N) is 1. The molecular weight excluding hydrogens is 271 g/mol. The zero-order chi connectivity index (χ0) is 15.6. The highest BCUT2D eigenvalue weighted by Gasteiger charge is 2.14. The highest BCUT2D eigenvalue weighted by atomic mass is 19.1. The molecular formula is C16H17FN2O2. The van der Waals surface area contributed by atoms with E-state index in [1.165, 1.54) is 18.2 Å². The number of nitrogen functional groups attached to an aromatic ring is 1. The number of carboxylic acid groups (broad SMARTS) is 1. The maximum Gasteiger partial charge on any atom is 0.337 e. The van der Waals surface area contributed by atoms with Gasteiger partial charge in [0.15, 0.2) is 0 Å². The number of benzene rings is 2. The Morgan fingerprint density at radius 2 is 2.00 bits per heavy atom. The number of halogens is 1. The van der Waals surface area contributed by atoms with E-state index >= 15 is 0 Å². The van der Waals surface area contributed by atoms with Gasteiger partial charge in [-0.05, 0) is 48.4 Å². The molecule has 0 saturated carbocycles. The molecule has 0 amide bonds. The van der Waals surface area contributed by atoms with Gasteiger partial charge in [-0.15, -0.1) is 0 Å². The molecule has 2 aromatic carbocycles. The summed E-state index contributed by atoms with van der Waals surface area (Å²) in [6.07, 6.45) is 0. The fourth-order valence-electron chi connectivity index (χ4n) is 2.24. The molecule has 0 radical (unpaired) electrons. The lowest BCUT2D eigenvalue weighted by Gasteiger charge is -2.22. The summed E-state index contributed by atoms with van der Waals surface area (Å²) in [4.78, 5) is 13.1. The third-order valence-electron chi connectivity index (χ3n) is 3.37. The van der Waals surface area contributed by atoms with Gasteiger partial charge in [0.05, 0.1) is 11.3 Å². The van der Waals surface area contributed by atoms with Crippen molar-refractivity contribution in [2.45, 2.75) is 13.5 Å². The Hall–Kier alpha value is -2.56. The Morgan fingerprint density at radius 3 is 2.62 bits per heavy atom. The van der Waals surface area contributed by atoms with Gasteiger partial charge in [-0.3, -0.25) is 0 Å². The van der Waals surface area contributed by atoms with E-state index in [9.17, 15) is 14.3 Å². The predicted octanol–water partition coefficient (Wildman–Crippen LogP) is 3.05. The van der Waals surface area contributed by atoms with Crippen LogP contribution in [-0.4, -0.2) is 18.1 Å². The van der Waals surface area contributed by atoms with Gasteiger partial charge in [-0.25, -0.2) is 9.18 Å². The number of hydrogen-bond donors (Lipinski definition) is 2. The first-order valence-electron chi connectivity index (χ1n) is 6.47. The first-order chi connectivity index (χ1) is 9.88. The number of carboxylic acids is 1. The molecule has 21 heavy (non-hydrogen) atoms. The summed E-state index contributed by atoms with van der Waals surface area (Å²) in [5.41, 5.74) is 8.53. The number of anilines is 2. The summed E-state index contributed by atoms with van der Waals surface area (Å²) >= 11 is 0. The Balaban J connectivity index is 2.32. The Morgan fingerprint density at radius 1 is 1.29 bits per heavy atom. The molecule has 0 saturated heterocycles. The minimum atomic E-state index is -1.03. The van der Waals surface area contributed by atoms with Gasteiger partial charge in [0, 0.05) is 19.3 Å². The van der Waals surface area contributed by atoms with Gasteiger partial charge in [0.25, 0.3) is 0 Å². The molecule has 0 bridgehead atoms. The molecule has 0 aliphatic rings. The lowest BCUT2D eigenvalue weighted by atomic mass is 10.1. The third-order valence-corrected chi connectivity index (χ3v) is 3.37. The summed E-state index contributed by atoms with van der Waals surface area (Å²) < 4.78 is 13.1.